The smallest absolute Gasteiger partial charge is 0.308 e. The van der Waals surface area contributed by atoms with E-state index < -0.39 is 11.0 Å². The molecule has 0 spiro atoms. The summed E-state index contributed by atoms with van der Waals surface area (Å²) in [5.74, 6) is 0.346. The standard InChI is InChI=1S/C14H14N6O3/c1-10-9-11(3-4-12(10)20(22)23)16-14(21)17-13-5-8-19(18-13)7-2-6-15/h3-5,8-9H,2,7H2,1H3,(H2,16,17,18,21). The summed E-state index contributed by atoms with van der Waals surface area (Å²) in [6, 6.07) is 7.41. The summed E-state index contributed by atoms with van der Waals surface area (Å²) < 4.78 is 1.55. The molecule has 0 saturated heterocycles. The maximum absolute atomic E-state index is 11.9. The van der Waals surface area contributed by atoms with Crippen LogP contribution in [0.15, 0.2) is 30.5 Å². The molecule has 0 saturated carbocycles. The minimum atomic E-state index is -0.510. The Labute approximate surface area is 131 Å². The van der Waals surface area contributed by atoms with Gasteiger partial charge in [-0.3, -0.25) is 20.1 Å². The van der Waals surface area contributed by atoms with Gasteiger partial charge in [-0.2, -0.15) is 10.4 Å². The fourth-order valence-electron chi connectivity index (χ4n) is 1.93. The van der Waals surface area contributed by atoms with Gasteiger partial charge in [-0.05, 0) is 19.1 Å². The molecule has 0 aliphatic heterocycles. The Bertz CT molecular complexity index is 777. The van der Waals surface area contributed by atoms with Gasteiger partial charge in [0, 0.05) is 29.6 Å². The summed E-state index contributed by atoms with van der Waals surface area (Å²) in [5, 5.41) is 28.5. The van der Waals surface area contributed by atoms with E-state index in [1.165, 1.54) is 18.2 Å². The number of hydrogen-bond acceptors (Lipinski definition) is 5. The Morgan fingerprint density at radius 1 is 1.43 bits per heavy atom. The fourth-order valence-corrected chi connectivity index (χ4v) is 1.93. The topological polar surface area (TPSA) is 126 Å². The second-order valence-corrected chi connectivity index (χ2v) is 4.71. The predicted molar refractivity (Wildman–Crippen MR) is 82.9 cm³/mol. The molecule has 0 aliphatic rings. The number of benzene rings is 1. The molecule has 0 unspecified atom stereocenters. The Morgan fingerprint density at radius 3 is 2.87 bits per heavy atom. The molecule has 2 aromatic rings. The van der Waals surface area contributed by atoms with Gasteiger partial charge in [-0.25, -0.2) is 4.79 Å². The number of anilines is 2. The third kappa shape index (κ3) is 4.28. The number of nitro benzene ring substituents is 1. The molecule has 1 aromatic heterocycles. The lowest BCUT2D eigenvalue weighted by Gasteiger charge is -2.06. The van der Waals surface area contributed by atoms with E-state index >= 15 is 0 Å². The number of rotatable bonds is 5. The van der Waals surface area contributed by atoms with Gasteiger partial charge in [0.2, 0.25) is 0 Å². The summed E-state index contributed by atoms with van der Waals surface area (Å²) in [6.45, 7) is 2.04. The molecule has 0 atom stereocenters. The summed E-state index contributed by atoms with van der Waals surface area (Å²) in [5.41, 5.74) is 0.885. The van der Waals surface area contributed by atoms with E-state index in [0.29, 0.717) is 30.0 Å². The number of nitrogens with one attached hydrogen (secondary N) is 2. The van der Waals surface area contributed by atoms with E-state index in [-0.39, 0.29) is 5.69 Å². The lowest BCUT2D eigenvalue weighted by molar-refractivity contribution is -0.385. The van der Waals surface area contributed by atoms with Crippen LogP contribution in [0.4, 0.5) is 22.0 Å². The molecule has 2 rings (SSSR count). The van der Waals surface area contributed by atoms with Crippen LogP contribution in [0.5, 0.6) is 0 Å². The van der Waals surface area contributed by atoms with Gasteiger partial charge in [0.15, 0.2) is 5.82 Å². The van der Waals surface area contributed by atoms with Gasteiger partial charge in [-0.1, -0.05) is 0 Å². The number of urea groups is 1. The van der Waals surface area contributed by atoms with Crippen molar-refractivity contribution >= 4 is 23.2 Å². The van der Waals surface area contributed by atoms with Crippen LogP contribution < -0.4 is 10.6 Å². The molecule has 0 radical (unpaired) electrons. The highest BCUT2D eigenvalue weighted by molar-refractivity contribution is 5.99. The fraction of sp³-hybridized carbons (Fsp3) is 0.214. The Hall–Kier alpha value is -3.41. The minimum absolute atomic E-state index is 0.00723. The van der Waals surface area contributed by atoms with Crippen LogP contribution in [0.1, 0.15) is 12.0 Å². The first-order valence-electron chi connectivity index (χ1n) is 6.73. The van der Waals surface area contributed by atoms with Crippen molar-refractivity contribution in [1.82, 2.24) is 9.78 Å². The molecule has 1 aromatic carbocycles. The predicted octanol–water partition coefficient (Wildman–Crippen LogP) is 2.66. The number of carbonyl (C=O) groups excluding carboxylic acids is 1. The van der Waals surface area contributed by atoms with Crippen molar-refractivity contribution in [2.75, 3.05) is 10.6 Å². The number of carbonyl (C=O) groups is 1. The van der Waals surface area contributed by atoms with Crippen LogP contribution in [-0.2, 0) is 6.54 Å². The van der Waals surface area contributed by atoms with Crippen molar-refractivity contribution in [2.45, 2.75) is 19.9 Å². The van der Waals surface area contributed by atoms with Crippen LogP contribution in [-0.4, -0.2) is 20.7 Å². The normalized spacial score (nSPS) is 9.91. The lowest BCUT2D eigenvalue weighted by atomic mass is 10.2. The van der Waals surface area contributed by atoms with Crippen molar-refractivity contribution in [3.63, 3.8) is 0 Å². The second kappa shape index (κ2) is 7.04. The largest absolute Gasteiger partial charge is 0.324 e. The zero-order chi connectivity index (χ0) is 16.8. The number of amides is 2. The SMILES string of the molecule is Cc1cc(NC(=O)Nc2ccn(CCC#N)n2)ccc1[N+](=O)[O-]. The number of nitrogens with zero attached hydrogens (tertiary/aromatic N) is 4. The molecule has 9 nitrogen and oxygen atoms in total. The van der Waals surface area contributed by atoms with Crippen LogP contribution in [0.25, 0.3) is 0 Å². The number of aromatic nitrogens is 2. The third-order valence-electron chi connectivity index (χ3n) is 2.99. The highest BCUT2D eigenvalue weighted by Gasteiger charge is 2.11. The average Bonchev–Trinajstić information content (AvgIpc) is 2.92. The Morgan fingerprint density at radius 2 is 2.22 bits per heavy atom. The molecular formula is C14H14N6O3. The first-order chi connectivity index (χ1) is 11.0. The van der Waals surface area contributed by atoms with Gasteiger partial charge >= 0.3 is 6.03 Å². The molecule has 1 heterocycles. The van der Waals surface area contributed by atoms with Crippen LogP contribution in [0.2, 0.25) is 0 Å². The quantitative estimate of drug-likeness (QED) is 0.648. The number of aryl methyl sites for hydroxylation is 2. The van der Waals surface area contributed by atoms with Crippen molar-refractivity contribution in [2.24, 2.45) is 0 Å². The number of nitriles is 1. The minimum Gasteiger partial charge on any atom is -0.308 e. The molecule has 2 amide bonds. The highest BCUT2D eigenvalue weighted by Crippen LogP contribution is 2.21. The van der Waals surface area contributed by atoms with Gasteiger partial charge in [0.25, 0.3) is 5.69 Å². The zero-order valence-electron chi connectivity index (χ0n) is 12.3. The van der Waals surface area contributed by atoms with E-state index in [1.54, 1.807) is 23.9 Å². The molecule has 0 bridgehead atoms. The molecule has 118 valence electrons. The third-order valence-corrected chi connectivity index (χ3v) is 2.99. The van der Waals surface area contributed by atoms with E-state index in [2.05, 4.69) is 15.7 Å². The molecule has 0 aliphatic carbocycles. The Balaban J connectivity index is 1.97. The average molecular weight is 314 g/mol. The summed E-state index contributed by atoms with van der Waals surface area (Å²) in [4.78, 5) is 22.1. The maximum Gasteiger partial charge on any atom is 0.324 e. The first kappa shape index (κ1) is 16.0. The number of hydrogen-bond donors (Lipinski definition) is 2. The number of nitro groups is 1. The monoisotopic (exact) mass is 314 g/mol. The van der Waals surface area contributed by atoms with Crippen LogP contribution >= 0.6 is 0 Å². The molecule has 23 heavy (non-hydrogen) atoms. The second-order valence-electron chi connectivity index (χ2n) is 4.71. The van der Waals surface area contributed by atoms with E-state index in [0.717, 1.165) is 0 Å². The van der Waals surface area contributed by atoms with Gasteiger partial charge in [0.05, 0.1) is 24.0 Å². The zero-order valence-corrected chi connectivity index (χ0v) is 12.3. The van der Waals surface area contributed by atoms with Crippen molar-refractivity contribution in [3.8, 4) is 6.07 Å². The van der Waals surface area contributed by atoms with Crippen molar-refractivity contribution in [3.05, 3.63) is 46.1 Å². The van der Waals surface area contributed by atoms with E-state index in [4.69, 9.17) is 5.26 Å². The lowest BCUT2D eigenvalue weighted by Crippen LogP contribution is -2.20. The maximum atomic E-state index is 11.9. The Kier molecular flexibility index (Phi) is 4.89. The van der Waals surface area contributed by atoms with Gasteiger partial charge in [-0.15, -0.1) is 0 Å². The van der Waals surface area contributed by atoms with Gasteiger partial charge < -0.3 is 5.32 Å². The first-order valence-corrected chi connectivity index (χ1v) is 6.73. The molecule has 2 N–H and O–H groups in total. The summed E-state index contributed by atoms with van der Waals surface area (Å²) >= 11 is 0. The molecule has 9 heteroatoms. The summed E-state index contributed by atoms with van der Waals surface area (Å²) in [6.07, 6.45) is 1.98. The summed E-state index contributed by atoms with van der Waals surface area (Å²) in [7, 11) is 0. The van der Waals surface area contributed by atoms with Crippen LogP contribution in [0, 0.1) is 28.4 Å². The highest BCUT2D eigenvalue weighted by atomic mass is 16.6. The van der Waals surface area contributed by atoms with Crippen molar-refractivity contribution in [1.29, 1.82) is 5.26 Å². The molecule has 0 fully saturated rings. The molecular weight excluding hydrogens is 300 g/mol. The van der Waals surface area contributed by atoms with E-state index in [1.807, 2.05) is 6.07 Å². The van der Waals surface area contributed by atoms with E-state index in [9.17, 15) is 14.9 Å². The van der Waals surface area contributed by atoms with Crippen molar-refractivity contribution < 1.29 is 9.72 Å². The van der Waals surface area contributed by atoms with Gasteiger partial charge in [0.1, 0.15) is 0 Å². The van der Waals surface area contributed by atoms with Crippen LogP contribution in [0.3, 0.4) is 0 Å².